The average Bonchev–Trinajstić information content (AvgIpc) is 3.31. The largest absolute Gasteiger partial charge is 0.466 e. The quantitative estimate of drug-likeness (QED) is 0.0321. The SMILES string of the molecule is CCCCCCCCCCCCCCCCCCCCCCCCC(O)C(CO)NC(=O)CC/C=C\C/C=C\CCCCCCCCOC(=O)CCCCCCCCCCCCCCC. The molecule has 0 bridgehead atoms. The van der Waals surface area contributed by atoms with E-state index in [1.165, 1.54) is 225 Å². The molecule has 0 radical (unpaired) electrons. The molecule has 2 unspecified atom stereocenters. The summed E-state index contributed by atoms with van der Waals surface area (Å²) >= 11 is 0. The second kappa shape index (κ2) is 54.9. The van der Waals surface area contributed by atoms with E-state index in [2.05, 4.69) is 37.4 Å². The van der Waals surface area contributed by atoms with Gasteiger partial charge in [-0.3, -0.25) is 9.59 Å². The summed E-state index contributed by atoms with van der Waals surface area (Å²) in [5, 5.41) is 23.3. The molecule has 0 saturated heterocycles. The molecule has 0 aromatic rings. The number of hydrogen-bond acceptors (Lipinski definition) is 5. The van der Waals surface area contributed by atoms with Crippen LogP contribution in [0.5, 0.6) is 0 Å². The fourth-order valence-electron chi connectivity index (χ4n) is 9.04. The van der Waals surface area contributed by atoms with Gasteiger partial charge >= 0.3 is 5.97 Å². The van der Waals surface area contributed by atoms with Crippen LogP contribution in [0.1, 0.15) is 316 Å². The van der Waals surface area contributed by atoms with Crippen molar-refractivity contribution < 1.29 is 24.5 Å². The summed E-state index contributed by atoms with van der Waals surface area (Å²) in [6, 6.07) is -0.586. The average molecular weight is 917 g/mol. The molecule has 6 heteroatoms. The molecule has 0 aromatic carbocycles. The van der Waals surface area contributed by atoms with Crippen molar-refractivity contribution in [3.8, 4) is 0 Å². The number of carbonyl (C=O) groups excluding carboxylic acids is 2. The lowest BCUT2D eigenvalue weighted by Gasteiger charge is -2.22. The maximum Gasteiger partial charge on any atom is 0.305 e. The van der Waals surface area contributed by atoms with E-state index >= 15 is 0 Å². The Morgan fingerprint density at radius 2 is 0.785 bits per heavy atom. The zero-order valence-electron chi connectivity index (χ0n) is 43.7. The molecule has 0 saturated carbocycles. The van der Waals surface area contributed by atoms with Crippen molar-refractivity contribution in [2.45, 2.75) is 328 Å². The van der Waals surface area contributed by atoms with Gasteiger partial charge in [-0.15, -0.1) is 0 Å². The van der Waals surface area contributed by atoms with Crippen molar-refractivity contribution in [1.82, 2.24) is 5.32 Å². The van der Waals surface area contributed by atoms with Crippen LogP contribution in [0.3, 0.4) is 0 Å². The number of aliphatic hydroxyl groups is 2. The van der Waals surface area contributed by atoms with Crippen molar-refractivity contribution in [1.29, 1.82) is 0 Å². The second-order valence-electron chi connectivity index (χ2n) is 20.0. The van der Waals surface area contributed by atoms with Crippen LogP contribution in [-0.4, -0.2) is 47.4 Å². The van der Waals surface area contributed by atoms with Crippen molar-refractivity contribution >= 4 is 11.9 Å². The number of unbranched alkanes of at least 4 members (excludes halogenated alkanes) is 39. The number of carbonyl (C=O) groups is 2. The highest BCUT2D eigenvalue weighted by Gasteiger charge is 2.19. The first-order valence-electron chi connectivity index (χ1n) is 29.1. The Morgan fingerprint density at radius 1 is 0.431 bits per heavy atom. The van der Waals surface area contributed by atoms with Gasteiger partial charge in [0.25, 0.3) is 0 Å². The van der Waals surface area contributed by atoms with E-state index in [1.54, 1.807) is 0 Å². The summed E-state index contributed by atoms with van der Waals surface area (Å²) in [7, 11) is 0. The Labute approximate surface area is 405 Å². The molecule has 1 amide bonds. The van der Waals surface area contributed by atoms with Gasteiger partial charge in [-0.1, -0.05) is 282 Å². The summed E-state index contributed by atoms with van der Waals surface area (Å²) < 4.78 is 5.45. The van der Waals surface area contributed by atoms with E-state index in [-0.39, 0.29) is 18.5 Å². The van der Waals surface area contributed by atoms with Gasteiger partial charge in [-0.2, -0.15) is 0 Å². The molecule has 384 valence electrons. The van der Waals surface area contributed by atoms with Crippen LogP contribution in [0, 0.1) is 0 Å². The number of nitrogens with one attached hydrogen (secondary N) is 1. The summed E-state index contributed by atoms with van der Waals surface area (Å²) in [5.41, 5.74) is 0. The van der Waals surface area contributed by atoms with E-state index in [1.807, 2.05) is 6.08 Å². The standard InChI is InChI=1S/C59H113NO5/c1-3-5-7-9-11-13-15-17-18-19-20-21-22-23-24-25-28-31-35-39-43-47-51-57(62)56(55-61)60-58(63)52-48-44-40-36-32-29-26-30-34-38-42-46-50-54-65-59(64)53-49-45-41-37-33-27-16-14-12-10-8-6-4-2/h29,32,40,44,56-57,61-62H,3-28,30-31,33-39,41-43,45-55H2,1-2H3,(H,60,63)/b32-29-,44-40-. The Kier molecular flexibility index (Phi) is 53.5. The minimum Gasteiger partial charge on any atom is -0.466 e. The smallest absolute Gasteiger partial charge is 0.305 e. The zero-order chi connectivity index (χ0) is 47.2. The minimum absolute atomic E-state index is 0.0148. The lowest BCUT2D eigenvalue weighted by atomic mass is 10.0. The Hall–Kier alpha value is -1.66. The van der Waals surface area contributed by atoms with Crippen molar-refractivity contribution in [2.24, 2.45) is 0 Å². The summed E-state index contributed by atoms with van der Waals surface area (Å²) in [6.07, 6.45) is 66.1. The van der Waals surface area contributed by atoms with Crippen LogP contribution in [-0.2, 0) is 14.3 Å². The monoisotopic (exact) mass is 916 g/mol. The maximum absolute atomic E-state index is 12.5. The van der Waals surface area contributed by atoms with Crippen molar-refractivity contribution in [3.05, 3.63) is 24.3 Å². The van der Waals surface area contributed by atoms with Crippen LogP contribution in [0.15, 0.2) is 24.3 Å². The predicted octanol–water partition coefficient (Wildman–Crippen LogP) is 17.9. The third kappa shape index (κ3) is 51.6. The Morgan fingerprint density at radius 3 is 1.20 bits per heavy atom. The number of rotatable bonds is 54. The molecule has 0 aliphatic heterocycles. The van der Waals surface area contributed by atoms with Gasteiger partial charge < -0.3 is 20.3 Å². The highest BCUT2D eigenvalue weighted by atomic mass is 16.5. The van der Waals surface area contributed by atoms with Gasteiger partial charge in [0.1, 0.15) is 0 Å². The number of amides is 1. The molecule has 3 N–H and O–H groups in total. The first-order chi connectivity index (χ1) is 32.0. The van der Waals surface area contributed by atoms with Gasteiger partial charge in [0.15, 0.2) is 0 Å². The number of allylic oxidation sites excluding steroid dienone is 4. The maximum atomic E-state index is 12.5. The Bertz CT molecular complexity index is 1010. The van der Waals surface area contributed by atoms with Gasteiger partial charge in [-0.05, 0) is 44.9 Å². The highest BCUT2D eigenvalue weighted by Crippen LogP contribution is 2.17. The van der Waals surface area contributed by atoms with Crippen LogP contribution >= 0.6 is 0 Å². The second-order valence-corrected chi connectivity index (χ2v) is 20.0. The molecule has 65 heavy (non-hydrogen) atoms. The number of esters is 1. The molecule has 0 heterocycles. The summed E-state index contributed by atoms with van der Waals surface area (Å²) in [4.78, 5) is 24.5. The first kappa shape index (κ1) is 63.3. The van der Waals surface area contributed by atoms with Gasteiger partial charge in [-0.25, -0.2) is 0 Å². The Balaban J connectivity index is 3.53. The predicted molar refractivity (Wildman–Crippen MR) is 283 cm³/mol. The molecule has 2 atom stereocenters. The van der Waals surface area contributed by atoms with E-state index in [0.717, 1.165) is 51.4 Å². The molecule has 0 aromatic heterocycles. The van der Waals surface area contributed by atoms with Crippen LogP contribution in [0.4, 0.5) is 0 Å². The molecule has 0 aliphatic carbocycles. The highest BCUT2D eigenvalue weighted by molar-refractivity contribution is 5.76. The van der Waals surface area contributed by atoms with Crippen molar-refractivity contribution in [2.75, 3.05) is 13.2 Å². The number of aliphatic hydroxyl groups excluding tert-OH is 2. The molecule has 0 fully saturated rings. The topological polar surface area (TPSA) is 95.9 Å². The zero-order valence-corrected chi connectivity index (χ0v) is 43.7. The van der Waals surface area contributed by atoms with Gasteiger partial charge in [0.05, 0.1) is 25.4 Å². The number of ether oxygens (including phenoxy) is 1. The van der Waals surface area contributed by atoms with E-state index < -0.39 is 12.1 Å². The molecular formula is C59H113NO5. The first-order valence-corrected chi connectivity index (χ1v) is 29.1. The van der Waals surface area contributed by atoms with E-state index in [0.29, 0.717) is 32.3 Å². The molecule has 0 aliphatic rings. The molecule has 6 nitrogen and oxygen atoms in total. The third-order valence-corrected chi connectivity index (χ3v) is 13.5. The lowest BCUT2D eigenvalue weighted by Crippen LogP contribution is -2.45. The van der Waals surface area contributed by atoms with Crippen LogP contribution in [0.25, 0.3) is 0 Å². The van der Waals surface area contributed by atoms with E-state index in [9.17, 15) is 19.8 Å². The number of hydrogen-bond donors (Lipinski definition) is 3. The van der Waals surface area contributed by atoms with Crippen LogP contribution in [0.2, 0.25) is 0 Å². The van der Waals surface area contributed by atoms with Gasteiger partial charge in [0, 0.05) is 12.8 Å². The third-order valence-electron chi connectivity index (χ3n) is 13.5. The summed E-state index contributed by atoms with van der Waals surface area (Å²) in [5.74, 6) is -0.127. The fraction of sp³-hybridized carbons (Fsp3) is 0.898. The molecule has 0 rings (SSSR count). The fourth-order valence-corrected chi connectivity index (χ4v) is 9.04. The van der Waals surface area contributed by atoms with E-state index in [4.69, 9.17) is 4.74 Å². The van der Waals surface area contributed by atoms with Gasteiger partial charge in [0.2, 0.25) is 5.91 Å². The minimum atomic E-state index is -0.699. The molecular weight excluding hydrogens is 803 g/mol. The lowest BCUT2D eigenvalue weighted by molar-refractivity contribution is -0.143. The van der Waals surface area contributed by atoms with Crippen molar-refractivity contribution in [3.63, 3.8) is 0 Å². The van der Waals surface area contributed by atoms with Crippen LogP contribution < -0.4 is 5.32 Å². The molecule has 0 spiro atoms. The summed E-state index contributed by atoms with van der Waals surface area (Å²) in [6.45, 7) is 4.91. The normalized spacial score (nSPS) is 12.7.